The molecule has 1 amide bonds. The van der Waals surface area contributed by atoms with Crippen LogP contribution in [0.15, 0.2) is 12.3 Å². The molecule has 1 atom stereocenters. The average Bonchev–Trinajstić information content (AvgIpc) is 2.87. The lowest BCUT2D eigenvalue weighted by atomic mass is 10.0. The minimum atomic E-state index is 0.00992. The molecule has 1 unspecified atom stereocenters. The number of amides is 1. The lowest BCUT2D eigenvalue weighted by Gasteiger charge is -2.27. The Balaban J connectivity index is 1.79. The Kier molecular flexibility index (Phi) is 5.76. The molecule has 6 nitrogen and oxygen atoms in total. The molecule has 118 valence electrons. The van der Waals surface area contributed by atoms with Crippen LogP contribution >= 0.6 is 0 Å². The number of anilines is 1. The highest BCUT2D eigenvalue weighted by atomic mass is 16.2. The maximum atomic E-state index is 12.1. The molecule has 0 aromatic carbocycles. The number of carbonyl (C=O) groups is 1. The number of carbonyl (C=O) groups excluding carboxylic acids is 1. The van der Waals surface area contributed by atoms with Crippen molar-refractivity contribution in [3.63, 3.8) is 0 Å². The van der Waals surface area contributed by atoms with Gasteiger partial charge >= 0.3 is 0 Å². The molecule has 2 heterocycles. The van der Waals surface area contributed by atoms with Gasteiger partial charge in [0.15, 0.2) is 0 Å². The molecule has 1 saturated heterocycles. The van der Waals surface area contributed by atoms with Crippen LogP contribution in [0.25, 0.3) is 0 Å². The van der Waals surface area contributed by atoms with Crippen molar-refractivity contribution in [2.45, 2.75) is 45.2 Å². The summed E-state index contributed by atoms with van der Waals surface area (Å²) in [5.41, 5.74) is 0. The molecule has 2 rings (SSSR count). The summed E-state index contributed by atoms with van der Waals surface area (Å²) in [7, 11) is 2.00. The van der Waals surface area contributed by atoms with Gasteiger partial charge in [0, 0.05) is 24.7 Å². The van der Waals surface area contributed by atoms with Crippen LogP contribution in [0.2, 0.25) is 0 Å². The van der Waals surface area contributed by atoms with Gasteiger partial charge in [-0.2, -0.15) is 5.10 Å². The summed E-state index contributed by atoms with van der Waals surface area (Å²) in [6.45, 7) is 6.50. The first kappa shape index (κ1) is 16.0. The zero-order valence-corrected chi connectivity index (χ0v) is 13.3. The lowest BCUT2D eigenvalue weighted by molar-refractivity contribution is -0.117. The molecule has 0 saturated carbocycles. The Morgan fingerprint density at radius 1 is 1.57 bits per heavy atom. The fourth-order valence-electron chi connectivity index (χ4n) is 2.77. The Hall–Kier alpha value is -1.40. The standard InChI is InChI=1S/C15H27N5O/c1-12(2)20-14(7-9-17-20)18-15(21)11-19(3)10-13-6-4-5-8-16-13/h7,9,12-13,16H,4-6,8,10-11H2,1-3H3,(H,18,21). The molecule has 0 bridgehead atoms. The molecule has 1 aliphatic heterocycles. The Labute approximate surface area is 126 Å². The Bertz CT molecular complexity index is 451. The predicted octanol–water partition coefficient (Wildman–Crippen LogP) is 1.48. The van der Waals surface area contributed by atoms with Crippen molar-refractivity contribution in [3.8, 4) is 0 Å². The van der Waals surface area contributed by atoms with E-state index in [1.807, 2.05) is 31.6 Å². The smallest absolute Gasteiger partial charge is 0.239 e. The van der Waals surface area contributed by atoms with Gasteiger partial charge in [-0.05, 0) is 40.3 Å². The van der Waals surface area contributed by atoms with Crippen molar-refractivity contribution in [1.29, 1.82) is 0 Å². The normalized spacial score (nSPS) is 19.2. The fraction of sp³-hybridized carbons (Fsp3) is 0.733. The van der Waals surface area contributed by atoms with Crippen LogP contribution in [-0.2, 0) is 4.79 Å². The third-order valence-corrected chi connectivity index (χ3v) is 3.78. The SMILES string of the molecule is CC(C)n1nccc1NC(=O)CN(C)CC1CCCCN1. The second-order valence-corrected chi connectivity index (χ2v) is 6.15. The monoisotopic (exact) mass is 293 g/mol. The van der Waals surface area contributed by atoms with Crippen LogP contribution in [0.4, 0.5) is 5.82 Å². The molecule has 1 aromatic heterocycles. The summed E-state index contributed by atoms with van der Waals surface area (Å²) in [5, 5.41) is 10.7. The summed E-state index contributed by atoms with van der Waals surface area (Å²) in [6, 6.07) is 2.58. The third-order valence-electron chi connectivity index (χ3n) is 3.78. The van der Waals surface area contributed by atoms with Crippen LogP contribution in [0.3, 0.4) is 0 Å². The number of hydrogen-bond acceptors (Lipinski definition) is 4. The van der Waals surface area contributed by atoms with Crippen molar-refractivity contribution in [2.24, 2.45) is 0 Å². The van der Waals surface area contributed by atoms with Crippen LogP contribution in [-0.4, -0.2) is 53.3 Å². The fourth-order valence-corrected chi connectivity index (χ4v) is 2.77. The summed E-state index contributed by atoms with van der Waals surface area (Å²) in [5.74, 6) is 0.773. The molecule has 1 aliphatic rings. The molecule has 21 heavy (non-hydrogen) atoms. The van der Waals surface area contributed by atoms with Crippen molar-refractivity contribution in [1.82, 2.24) is 20.0 Å². The Morgan fingerprint density at radius 3 is 3.05 bits per heavy atom. The first-order valence-corrected chi connectivity index (χ1v) is 7.81. The van der Waals surface area contributed by atoms with E-state index in [2.05, 4.69) is 20.6 Å². The van der Waals surface area contributed by atoms with Gasteiger partial charge in [0.2, 0.25) is 5.91 Å². The molecule has 6 heteroatoms. The molecule has 2 N–H and O–H groups in total. The summed E-state index contributed by atoms with van der Waals surface area (Å²) in [4.78, 5) is 14.2. The minimum absolute atomic E-state index is 0.00992. The van der Waals surface area contributed by atoms with Crippen LogP contribution in [0, 0.1) is 0 Å². The lowest BCUT2D eigenvalue weighted by Crippen LogP contribution is -2.44. The van der Waals surface area contributed by atoms with Gasteiger partial charge in [-0.1, -0.05) is 6.42 Å². The second-order valence-electron chi connectivity index (χ2n) is 6.15. The van der Waals surface area contributed by atoms with E-state index in [1.54, 1.807) is 6.20 Å². The second kappa shape index (κ2) is 7.56. The van der Waals surface area contributed by atoms with E-state index in [-0.39, 0.29) is 11.9 Å². The van der Waals surface area contributed by atoms with E-state index in [9.17, 15) is 4.79 Å². The summed E-state index contributed by atoms with van der Waals surface area (Å²) < 4.78 is 1.82. The summed E-state index contributed by atoms with van der Waals surface area (Å²) >= 11 is 0. The number of rotatable bonds is 6. The molecule has 1 fully saturated rings. The maximum Gasteiger partial charge on any atom is 0.239 e. The van der Waals surface area contributed by atoms with Crippen LogP contribution in [0.5, 0.6) is 0 Å². The van der Waals surface area contributed by atoms with Crippen molar-refractivity contribution in [2.75, 3.05) is 32.0 Å². The number of aromatic nitrogens is 2. The number of piperidine rings is 1. The van der Waals surface area contributed by atoms with Gasteiger partial charge < -0.3 is 10.6 Å². The number of nitrogens with zero attached hydrogens (tertiary/aromatic N) is 3. The van der Waals surface area contributed by atoms with Gasteiger partial charge in [0.1, 0.15) is 5.82 Å². The maximum absolute atomic E-state index is 12.1. The van der Waals surface area contributed by atoms with Crippen molar-refractivity contribution < 1.29 is 4.79 Å². The predicted molar refractivity (Wildman–Crippen MR) is 84.4 cm³/mol. The highest BCUT2D eigenvalue weighted by molar-refractivity contribution is 5.91. The first-order chi connectivity index (χ1) is 10.1. The highest BCUT2D eigenvalue weighted by Crippen LogP contribution is 2.13. The van der Waals surface area contributed by atoms with E-state index in [4.69, 9.17) is 0 Å². The average molecular weight is 293 g/mol. The van der Waals surface area contributed by atoms with Crippen molar-refractivity contribution in [3.05, 3.63) is 12.3 Å². The first-order valence-electron chi connectivity index (χ1n) is 7.81. The van der Waals surface area contributed by atoms with E-state index >= 15 is 0 Å². The molecule has 1 aromatic rings. The Morgan fingerprint density at radius 2 is 2.38 bits per heavy atom. The summed E-state index contributed by atoms with van der Waals surface area (Å²) in [6.07, 6.45) is 5.46. The largest absolute Gasteiger partial charge is 0.313 e. The van der Waals surface area contributed by atoms with Gasteiger partial charge in [-0.25, -0.2) is 4.68 Å². The third kappa shape index (κ3) is 4.82. The topological polar surface area (TPSA) is 62.2 Å². The number of likely N-dealkylation sites (N-methyl/N-ethyl adjacent to an activating group) is 1. The molecule has 0 radical (unpaired) electrons. The highest BCUT2D eigenvalue weighted by Gasteiger charge is 2.17. The molecule has 0 aliphatic carbocycles. The van der Waals surface area contributed by atoms with Gasteiger partial charge in [0.25, 0.3) is 0 Å². The van der Waals surface area contributed by atoms with Gasteiger partial charge in [-0.3, -0.25) is 9.69 Å². The molecular formula is C15H27N5O. The minimum Gasteiger partial charge on any atom is -0.313 e. The van der Waals surface area contributed by atoms with E-state index in [1.165, 1.54) is 19.3 Å². The van der Waals surface area contributed by atoms with Crippen LogP contribution < -0.4 is 10.6 Å². The number of nitrogens with one attached hydrogen (secondary N) is 2. The van der Waals surface area contributed by atoms with E-state index in [0.29, 0.717) is 12.6 Å². The quantitative estimate of drug-likeness (QED) is 0.834. The van der Waals surface area contributed by atoms with E-state index < -0.39 is 0 Å². The van der Waals surface area contributed by atoms with Gasteiger partial charge in [-0.15, -0.1) is 0 Å². The zero-order chi connectivity index (χ0) is 15.2. The molecule has 0 spiro atoms. The van der Waals surface area contributed by atoms with Crippen LogP contribution in [0.1, 0.15) is 39.2 Å². The van der Waals surface area contributed by atoms with Gasteiger partial charge in [0.05, 0.1) is 12.7 Å². The van der Waals surface area contributed by atoms with E-state index in [0.717, 1.165) is 18.9 Å². The molecular weight excluding hydrogens is 266 g/mol. The van der Waals surface area contributed by atoms with Crippen molar-refractivity contribution >= 4 is 11.7 Å². The zero-order valence-electron chi connectivity index (χ0n) is 13.3. The number of hydrogen-bond donors (Lipinski definition) is 2.